The van der Waals surface area contributed by atoms with Crippen LogP contribution in [0.3, 0.4) is 0 Å². The van der Waals surface area contributed by atoms with Crippen molar-refractivity contribution in [2.75, 3.05) is 13.1 Å². The molecule has 3 heteroatoms. The predicted molar refractivity (Wildman–Crippen MR) is 30.7 cm³/mol. The highest BCUT2D eigenvalue weighted by molar-refractivity contribution is 5.64. The topological polar surface area (TPSA) is 43.1 Å². The van der Waals surface area contributed by atoms with Crippen molar-refractivity contribution in [1.29, 1.82) is 0 Å². The highest BCUT2D eigenvalue weighted by Gasteiger charge is 2.27. The molecule has 1 heterocycles. The van der Waals surface area contributed by atoms with Crippen LogP contribution in [-0.2, 0) is 4.79 Å². The van der Waals surface area contributed by atoms with Crippen molar-refractivity contribution < 1.29 is 9.90 Å². The van der Waals surface area contributed by atoms with E-state index < -0.39 is 5.97 Å². The second-order valence-electron chi connectivity index (χ2n) is 2.47. The van der Waals surface area contributed by atoms with E-state index >= 15 is 0 Å². The molecule has 2 atom stereocenters. The smallest absolute Gasteiger partial charge is 0.0427 e. The first-order chi connectivity index (χ1) is 4.20. The summed E-state index contributed by atoms with van der Waals surface area (Å²) in [5, 5.41) is 9.90. The molecule has 1 aliphatic heterocycles. The standard InChI is InChI=1S/C6H11NO2/c1-5-4-7(5)3-2-6(8)9/h5H,2-4H2,1H3,(H,8,9)/p-1. The van der Waals surface area contributed by atoms with E-state index in [9.17, 15) is 9.90 Å². The van der Waals surface area contributed by atoms with Gasteiger partial charge in [0, 0.05) is 25.1 Å². The van der Waals surface area contributed by atoms with Gasteiger partial charge in [0.05, 0.1) is 0 Å². The molecular weight excluding hydrogens is 118 g/mol. The number of hydrogen-bond donors (Lipinski definition) is 0. The molecule has 0 aromatic heterocycles. The van der Waals surface area contributed by atoms with Crippen LogP contribution in [0.5, 0.6) is 0 Å². The van der Waals surface area contributed by atoms with Gasteiger partial charge in [0.25, 0.3) is 0 Å². The van der Waals surface area contributed by atoms with Crippen molar-refractivity contribution in [3.8, 4) is 0 Å². The Kier molecular flexibility index (Phi) is 1.71. The predicted octanol–water partition coefficient (Wildman–Crippen LogP) is -1.17. The van der Waals surface area contributed by atoms with Crippen LogP contribution in [0.1, 0.15) is 13.3 Å². The fraction of sp³-hybridized carbons (Fsp3) is 0.833. The number of carbonyl (C=O) groups excluding carboxylic acids is 1. The molecule has 0 N–H and O–H groups in total. The Morgan fingerprint density at radius 2 is 2.44 bits per heavy atom. The molecule has 1 saturated heterocycles. The normalized spacial score (nSPS) is 32.1. The maximum Gasteiger partial charge on any atom is 0.0427 e. The second-order valence-corrected chi connectivity index (χ2v) is 2.47. The summed E-state index contributed by atoms with van der Waals surface area (Å²) in [4.78, 5) is 12.0. The lowest BCUT2D eigenvalue weighted by atomic mass is 10.4. The lowest BCUT2D eigenvalue weighted by molar-refractivity contribution is -0.305. The average molecular weight is 128 g/mol. The molecule has 2 unspecified atom stereocenters. The third kappa shape index (κ3) is 2.01. The first kappa shape index (κ1) is 6.55. The van der Waals surface area contributed by atoms with Gasteiger partial charge in [-0.15, -0.1) is 0 Å². The van der Waals surface area contributed by atoms with Gasteiger partial charge in [-0.2, -0.15) is 0 Å². The zero-order valence-electron chi connectivity index (χ0n) is 5.46. The average Bonchev–Trinajstić information content (AvgIpc) is 2.42. The minimum atomic E-state index is -0.950. The summed E-state index contributed by atoms with van der Waals surface area (Å²) in [7, 11) is 0. The van der Waals surface area contributed by atoms with E-state index in [4.69, 9.17) is 0 Å². The van der Waals surface area contributed by atoms with Crippen molar-refractivity contribution in [3.05, 3.63) is 0 Å². The molecule has 0 aliphatic carbocycles. The number of rotatable bonds is 3. The summed E-state index contributed by atoms with van der Waals surface area (Å²) < 4.78 is 0. The Morgan fingerprint density at radius 3 is 2.78 bits per heavy atom. The van der Waals surface area contributed by atoms with Crippen LogP contribution in [0.4, 0.5) is 0 Å². The van der Waals surface area contributed by atoms with Crippen LogP contribution in [0.2, 0.25) is 0 Å². The summed E-state index contributed by atoms with van der Waals surface area (Å²) >= 11 is 0. The number of carbonyl (C=O) groups is 1. The van der Waals surface area contributed by atoms with Crippen molar-refractivity contribution in [2.24, 2.45) is 0 Å². The number of nitrogens with zero attached hydrogens (tertiary/aromatic N) is 1. The molecule has 9 heavy (non-hydrogen) atoms. The Hall–Kier alpha value is -0.570. The third-order valence-electron chi connectivity index (χ3n) is 1.59. The molecule has 1 rings (SSSR count). The van der Waals surface area contributed by atoms with Crippen LogP contribution in [-0.4, -0.2) is 30.0 Å². The SMILES string of the molecule is CC1CN1CCC(=O)[O-]. The van der Waals surface area contributed by atoms with Gasteiger partial charge in [0.2, 0.25) is 0 Å². The highest BCUT2D eigenvalue weighted by Crippen LogP contribution is 2.14. The van der Waals surface area contributed by atoms with Gasteiger partial charge in [-0.1, -0.05) is 0 Å². The Morgan fingerprint density at radius 1 is 1.89 bits per heavy atom. The lowest BCUT2D eigenvalue weighted by Crippen LogP contribution is -2.24. The van der Waals surface area contributed by atoms with E-state index in [1.165, 1.54) is 0 Å². The second kappa shape index (κ2) is 2.35. The van der Waals surface area contributed by atoms with E-state index in [2.05, 4.69) is 11.8 Å². The van der Waals surface area contributed by atoms with Crippen LogP contribution in [0.15, 0.2) is 0 Å². The molecule has 0 aromatic rings. The number of aliphatic carboxylic acids is 1. The summed E-state index contributed by atoms with van der Waals surface area (Å²) in [6, 6.07) is 0.601. The van der Waals surface area contributed by atoms with Crippen molar-refractivity contribution in [2.45, 2.75) is 19.4 Å². The van der Waals surface area contributed by atoms with Crippen molar-refractivity contribution >= 4 is 5.97 Å². The molecule has 0 bridgehead atoms. The maximum absolute atomic E-state index is 9.90. The van der Waals surface area contributed by atoms with Gasteiger partial charge in [0.1, 0.15) is 0 Å². The highest BCUT2D eigenvalue weighted by atomic mass is 16.4. The van der Waals surface area contributed by atoms with Crippen LogP contribution >= 0.6 is 0 Å². The minimum Gasteiger partial charge on any atom is -0.550 e. The fourth-order valence-electron chi connectivity index (χ4n) is 0.839. The molecule has 0 spiro atoms. The van der Waals surface area contributed by atoms with Crippen molar-refractivity contribution in [1.82, 2.24) is 4.90 Å². The third-order valence-corrected chi connectivity index (χ3v) is 1.59. The van der Waals surface area contributed by atoms with E-state index in [0.717, 1.165) is 6.54 Å². The quantitative estimate of drug-likeness (QED) is 0.450. The molecule has 0 saturated carbocycles. The van der Waals surface area contributed by atoms with Crippen LogP contribution < -0.4 is 5.11 Å². The molecule has 0 radical (unpaired) electrons. The van der Waals surface area contributed by atoms with E-state index in [-0.39, 0.29) is 6.42 Å². The summed E-state index contributed by atoms with van der Waals surface area (Å²) in [5.41, 5.74) is 0. The zero-order chi connectivity index (χ0) is 6.85. The van der Waals surface area contributed by atoms with Crippen LogP contribution in [0.25, 0.3) is 0 Å². The van der Waals surface area contributed by atoms with Crippen molar-refractivity contribution in [3.63, 3.8) is 0 Å². The number of hydrogen-bond acceptors (Lipinski definition) is 3. The molecule has 3 nitrogen and oxygen atoms in total. The monoisotopic (exact) mass is 128 g/mol. The lowest BCUT2D eigenvalue weighted by Gasteiger charge is -2.01. The molecule has 1 aliphatic rings. The molecule has 0 aromatic carbocycles. The summed E-state index contributed by atoms with van der Waals surface area (Å²) in [5.74, 6) is -0.950. The van der Waals surface area contributed by atoms with Gasteiger partial charge < -0.3 is 9.90 Å². The Labute approximate surface area is 54.3 Å². The van der Waals surface area contributed by atoms with Gasteiger partial charge in [-0.3, -0.25) is 4.90 Å². The van der Waals surface area contributed by atoms with Gasteiger partial charge in [-0.25, -0.2) is 0 Å². The number of carboxylic acid groups (broad SMARTS) is 1. The van der Waals surface area contributed by atoms with E-state index in [0.29, 0.717) is 12.6 Å². The molecule has 52 valence electrons. The molecule has 1 fully saturated rings. The van der Waals surface area contributed by atoms with Gasteiger partial charge in [0.15, 0.2) is 0 Å². The number of carboxylic acids is 1. The fourth-order valence-corrected chi connectivity index (χ4v) is 0.839. The first-order valence-electron chi connectivity index (χ1n) is 3.14. The minimum absolute atomic E-state index is 0.171. The maximum atomic E-state index is 9.90. The van der Waals surface area contributed by atoms with E-state index in [1.54, 1.807) is 0 Å². The van der Waals surface area contributed by atoms with Gasteiger partial charge in [-0.05, 0) is 13.3 Å². The molecular formula is C6H10NO2-. The zero-order valence-corrected chi connectivity index (χ0v) is 5.46. The van der Waals surface area contributed by atoms with E-state index in [1.807, 2.05) is 0 Å². The molecule has 0 amide bonds. The van der Waals surface area contributed by atoms with Gasteiger partial charge >= 0.3 is 0 Å². The first-order valence-corrected chi connectivity index (χ1v) is 3.14. The summed E-state index contributed by atoms with van der Waals surface area (Å²) in [6.45, 7) is 3.78. The van der Waals surface area contributed by atoms with Crippen LogP contribution in [0, 0.1) is 0 Å². The Bertz CT molecular complexity index is 124. The Balaban J connectivity index is 2.00. The summed E-state index contributed by atoms with van der Waals surface area (Å²) in [6.07, 6.45) is 0.171. The largest absolute Gasteiger partial charge is 0.550 e.